The molecule has 0 aliphatic rings. The van der Waals surface area contributed by atoms with Crippen LogP contribution in [0, 0.1) is 13.8 Å². The number of benzene rings is 3. The van der Waals surface area contributed by atoms with E-state index < -0.39 is 0 Å². The molecule has 0 saturated heterocycles. The number of pyridine rings is 2. The van der Waals surface area contributed by atoms with Crippen molar-refractivity contribution < 1.29 is 0 Å². The van der Waals surface area contributed by atoms with Crippen LogP contribution in [0.25, 0.3) is 38.0 Å². The van der Waals surface area contributed by atoms with Gasteiger partial charge in [-0.2, -0.15) is 0 Å². The van der Waals surface area contributed by atoms with Crippen LogP contribution >= 0.6 is 0 Å². The maximum atomic E-state index is 13.3. The predicted octanol–water partition coefficient (Wildman–Crippen LogP) is 4.17. The highest BCUT2D eigenvalue weighted by Gasteiger charge is 2.16. The lowest BCUT2D eigenvalue weighted by Crippen LogP contribution is -2.18. The molecule has 3 nitrogen and oxygen atoms in total. The molecule has 0 aliphatic heterocycles. The van der Waals surface area contributed by atoms with Gasteiger partial charge in [0.15, 0.2) is 5.43 Å². The fraction of sp³-hybridized carbons (Fsp3) is 0.0909. The molecule has 5 aromatic rings. The molecule has 0 spiro atoms. The minimum atomic E-state index is -0.0747. The van der Waals surface area contributed by atoms with Crippen molar-refractivity contribution in [2.75, 3.05) is 0 Å². The van der Waals surface area contributed by atoms with Gasteiger partial charge in [-0.05, 0) is 48.6 Å². The van der Waals surface area contributed by atoms with E-state index in [1.165, 1.54) is 0 Å². The maximum Gasteiger partial charge on any atom is 0.263 e. The Morgan fingerprint density at radius 3 is 2.12 bits per heavy atom. The lowest BCUT2D eigenvalue weighted by molar-refractivity contribution is 1.18. The van der Waals surface area contributed by atoms with Crippen molar-refractivity contribution in [3.05, 3.63) is 86.3 Å². The lowest BCUT2D eigenvalue weighted by Gasteiger charge is -2.14. The van der Waals surface area contributed by atoms with Crippen LogP contribution in [-0.2, 0) is 0 Å². The van der Waals surface area contributed by atoms with Crippen LogP contribution in [0.3, 0.4) is 0 Å². The van der Waals surface area contributed by atoms with Crippen molar-refractivity contribution in [2.45, 2.75) is 13.8 Å². The van der Waals surface area contributed by atoms with Gasteiger partial charge >= 0.3 is 0 Å². The summed E-state index contributed by atoms with van der Waals surface area (Å²) in [5, 5.41) is 4.27. The van der Waals surface area contributed by atoms with Gasteiger partial charge in [0.05, 0.1) is 11.0 Å². The first kappa shape index (κ1) is 14.2. The second-order valence-electron chi connectivity index (χ2n) is 6.66. The Morgan fingerprint density at radius 2 is 1.36 bits per heavy atom. The van der Waals surface area contributed by atoms with Crippen molar-refractivity contribution in [3.8, 4) is 0 Å². The van der Waals surface area contributed by atoms with E-state index in [1.54, 1.807) is 16.5 Å². The maximum absolute atomic E-state index is 13.3. The molecule has 5 rings (SSSR count). The molecule has 120 valence electrons. The van der Waals surface area contributed by atoms with E-state index in [4.69, 9.17) is 0 Å². The molecule has 0 N–H and O–H groups in total. The van der Waals surface area contributed by atoms with E-state index in [0.29, 0.717) is 21.8 Å². The number of hydrogen-bond acceptors (Lipinski definition) is 2. The third-order valence-electron chi connectivity index (χ3n) is 5.21. The molecule has 0 bridgehead atoms. The smallest absolute Gasteiger partial charge is 0.263 e. The number of aryl methyl sites for hydroxylation is 2. The van der Waals surface area contributed by atoms with Crippen LogP contribution in [0.15, 0.2) is 64.2 Å². The van der Waals surface area contributed by atoms with E-state index in [1.807, 2.05) is 36.4 Å². The van der Waals surface area contributed by atoms with Crippen LogP contribution < -0.4 is 11.0 Å². The molecule has 2 aromatic heterocycles. The standard InChI is InChI=1S/C22H15NO2/c1-12-7-9-15-18-11-19(24)14-5-3-4-6-17(14)23(18)22(25)16-10-8-13(2)20(12)21(15)16/h3-11H,1-2H3. The summed E-state index contributed by atoms with van der Waals surface area (Å²) in [7, 11) is 0. The minimum absolute atomic E-state index is 0.0560. The highest BCUT2D eigenvalue weighted by Crippen LogP contribution is 2.32. The Bertz CT molecular complexity index is 1440. The van der Waals surface area contributed by atoms with Gasteiger partial charge in [-0.25, -0.2) is 0 Å². The van der Waals surface area contributed by atoms with Crippen LogP contribution in [0.2, 0.25) is 0 Å². The van der Waals surface area contributed by atoms with Crippen molar-refractivity contribution >= 4 is 38.0 Å². The molecule has 0 unspecified atom stereocenters. The van der Waals surface area contributed by atoms with Crippen molar-refractivity contribution in [3.63, 3.8) is 0 Å². The lowest BCUT2D eigenvalue weighted by atomic mass is 9.94. The fourth-order valence-electron chi connectivity index (χ4n) is 4.07. The molecule has 3 heteroatoms. The predicted molar refractivity (Wildman–Crippen MR) is 103 cm³/mol. The minimum Gasteiger partial charge on any atom is -0.289 e. The molecule has 0 radical (unpaired) electrons. The van der Waals surface area contributed by atoms with E-state index in [9.17, 15) is 9.59 Å². The molecule has 2 heterocycles. The first-order chi connectivity index (χ1) is 12.1. The highest BCUT2D eigenvalue weighted by molar-refractivity contribution is 6.17. The molecule has 0 aliphatic carbocycles. The third kappa shape index (κ3) is 1.70. The van der Waals surface area contributed by atoms with E-state index in [2.05, 4.69) is 19.9 Å². The monoisotopic (exact) mass is 325 g/mol. The summed E-state index contributed by atoms with van der Waals surface area (Å²) in [6.45, 7) is 4.12. The normalized spacial score (nSPS) is 11.9. The Morgan fingerprint density at radius 1 is 0.680 bits per heavy atom. The number of rotatable bonds is 0. The molecular formula is C22H15NO2. The van der Waals surface area contributed by atoms with Gasteiger partial charge in [0.1, 0.15) is 0 Å². The van der Waals surface area contributed by atoms with E-state index in [0.717, 1.165) is 27.3 Å². The first-order valence-corrected chi connectivity index (χ1v) is 8.31. The molecule has 0 amide bonds. The zero-order chi connectivity index (χ0) is 17.3. The third-order valence-corrected chi connectivity index (χ3v) is 5.21. The Balaban J connectivity index is 2.26. The van der Waals surface area contributed by atoms with Gasteiger partial charge in [-0.15, -0.1) is 0 Å². The van der Waals surface area contributed by atoms with Crippen molar-refractivity contribution in [2.24, 2.45) is 0 Å². The second-order valence-corrected chi connectivity index (χ2v) is 6.66. The molecule has 0 fully saturated rings. The second kappa shape index (κ2) is 4.67. The molecule has 3 aromatic carbocycles. The summed E-state index contributed by atoms with van der Waals surface area (Å²) in [6.07, 6.45) is 0. The number of hydrogen-bond donors (Lipinski definition) is 0. The van der Waals surface area contributed by atoms with Crippen LogP contribution in [0.5, 0.6) is 0 Å². The quantitative estimate of drug-likeness (QED) is 0.316. The number of para-hydroxylation sites is 1. The molecule has 25 heavy (non-hydrogen) atoms. The van der Waals surface area contributed by atoms with Gasteiger partial charge < -0.3 is 0 Å². The Hall–Kier alpha value is -3.20. The average Bonchev–Trinajstić information content (AvgIpc) is 2.61. The summed E-state index contributed by atoms with van der Waals surface area (Å²) in [5.41, 5.74) is 3.49. The summed E-state index contributed by atoms with van der Waals surface area (Å²) < 4.78 is 1.68. The fourth-order valence-corrected chi connectivity index (χ4v) is 4.07. The first-order valence-electron chi connectivity index (χ1n) is 8.31. The van der Waals surface area contributed by atoms with E-state index in [-0.39, 0.29) is 11.0 Å². The van der Waals surface area contributed by atoms with Gasteiger partial charge in [0, 0.05) is 27.6 Å². The summed E-state index contributed by atoms with van der Waals surface area (Å²) in [6, 6.07) is 16.9. The van der Waals surface area contributed by atoms with Crippen molar-refractivity contribution in [1.82, 2.24) is 4.40 Å². The molecule has 0 atom stereocenters. The number of fused-ring (bicyclic) bond motifs is 4. The van der Waals surface area contributed by atoms with Crippen LogP contribution in [-0.4, -0.2) is 4.40 Å². The zero-order valence-corrected chi connectivity index (χ0v) is 14.0. The highest BCUT2D eigenvalue weighted by atomic mass is 16.1. The molecule has 0 saturated carbocycles. The summed E-state index contributed by atoms with van der Waals surface area (Å²) >= 11 is 0. The van der Waals surface area contributed by atoms with Crippen LogP contribution in [0.4, 0.5) is 0 Å². The van der Waals surface area contributed by atoms with Gasteiger partial charge in [0.2, 0.25) is 0 Å². The van der Waals surface area contributed by atoms with Crippen LogP contribution in [0.1, 0.15) is 11.1 Å². The van der Waals surface area contributed by atoms with Gasteiger partial charge in [0.25, 0.3) is 5.56 Å². The Kier molecular flexibility index (Phi) is 2.65. The zero-order valence-electron chi connectivity index (χ0n) is 14.0. The number of nitrogens with zero attached hydrogens (tertiary/aromatic N) is 1. The Labute approximate surface area is 143 Å². The number of aromatic nitrogens is 1. The largest absolute Gasteiger partial charge is 0.289 e. The van der Waals surface area contributed by atoms with Gasteiger partial charge in [-0.1, -0.05) is 30.3 Å². The van der Waals surface area contributed by atoms with Crippen molar-refractivity contribution in [1.29, 1.82) is 0 Å². The SMILES string of the molecule is Cc1ccc2c(=O)n3c4ccccc4c(=O)cc3c3ccc(C)c1c23. The topological polar surface area (TPSA) is 38.5 Å². The van der Waals surface area contributed by atoms with E-state index >= 15 is 0 Å². The molecular weight excluding hydrogens is 310 g/mol. The average molecular weight is 325 g/mol. The summed E-state index contributed by atoms with van der Waals surface area (Å²) in [4.78, 5) is 25.9. The van der Waals surface area contributed by atoms with Gasteiger partial charge in [-0.3, -0.25) is 14.0 Å². The summed E-state index contributed by atoms with van der Waals surface area (Å²) in [5.74, 6) is 0.